The van der Waals surface area contributed by atoms with E-state index in [1.165, 1.54) is 27.5 Å². The van der Waals surface area contributed by atoms with Gasteiger partial charge in [0, 0.05) is 38.2 Å². The molecule has 0 aliphatic heterocycles. The SMILES string of the molecule is C1=Cc2cc(-c3nc(-c4ccc(-c5cccc6oc7ccc(-c8cccc9ccccc89)cc7c56)c5ccccc45)nc(-c4cccc5oc6ccccc6c45)n3)ccc2CC1. The number of hydrogen-bond donors (Lipinski definition) is 0. The fourth-order valence-electron chi connectivity index (χ4n) is 9.70. The number of allylic oxidation sites excluding steroid dienone is 1. The van der Waals surface area contributed by atoms with Crippen LogP contribution in [0.25, 0.3) is 128 Å². The van der Waals surface area contributed by atoms with Gasteiger partial charge >= 0.3 is 0 Å². The van der Waals surface area contributed by atoms with Crippen LogP contribution in [0.3, 0.4) is 0 Å². The van der Waals surface area contributed by atoms with E-state index >= 15 is 0 Å². The zero-order valence-corrected chi connectivity index (χ0v) is 33.5. The molecule has 3 aromatic heterocycles. The number of aryl methyl sites for hydroxylation is 1. The van der Waals surface area contributed by atoms with Gasteiger partial charge in [-0.05, 0) is 110 Å². The molecule has 0 unspecified atom stereocenters. The molecule has 0 N–H and O–H groups in total. The third kappa shape index (κ3) is 5.45. The molecule has 0 atom stereocenters. The zero-order valence-electron chi connectivity index (χ0n) is 33.5. The minimum absolute atomic E-state index is 0.597. The van der Waals surface area contributed by atoms with E-state index in [2.05, 4.69) is 158 Å². The number of fused-ring (bicyclic) bond motifs is 9. The number of furan rings is 2. The molecular weight excluding hydrogens is 759 g/mol. The Bertz CT molecular complexity index is 3830. The number of nitrogens with zero attached hydrogens (tertiary/aromatic N) is 3. The predicted molar refractivity (Wildman–Crippen MR) is 254 cm³/mol. The van der Waals surface area contributed by atoms with E-state index < -0.39 is 0 Å². The maximum absolute atomic E-state index is 6.56. The van der Waals surface area contributed by atoms with Gasteiger partial charge in [0.2, 0.25) is 0 Å². The number of rotatable bonds is 5. The smallest absolute Gasteiger partial charge is 0.164 e. The molecule has 13 rings (SSSR count). The molecule has 12 aromatic rings. The summed E-state index contributed by atoms with van der Waals surface area (Å²) in [6.45, 7) is 0. The van der Waals surface area contributed by atoms with Crippen molar-refractivity contribution in [2.45, 2.75) is 12.8 Å². The van der Waals surface area contributed by atoms with Crippen molar-refractivity contribution in [1.29, 1.82) is 0 Å². The van der Waals surface area contributed by atoms with Crippen LogP contribution < -0.4 is 0 Å². The lowest BCUT2D eigenvalue weighted by Crippen LogP contribution is -2.02. The molecule has 1 aliphatic carbocycles. The molecule has 0 spiro atoms. The lowest BCUT2D eigenvalue weighted by Gasteiger charge is -2.15. The summed E-state index contributed by atoms with van der Waals surface area (Å²) in [4.78, 5) is 15.8. The Labute approximate surface area is 356 Å². The van der Waals surface area contributed by atoms with Crippen molar-refractivity contribution >= 4 is 71.5 Å². The molecular formula is C57H35N3O2. The Morgan fingerprint density at radius 1 is 0.371 bits per heavy atom. The van der Waals surface area contributed by atoms with Gasteiger partial charge in [0.15, 0.2) is 17.5 Å². The molecule has 0 amide bonds. The van der Waals surface area contributed by atoms with Crippen molar-refractivity contribution in [3.63, 3.8) is 0 Å². The van der Waals surface area contributed by atoms with Crippen LogP contribution in [0.15, 0.2) is 191 Å². The van der Waals surface area contributed by atoms with E-state index in [0.717, 1.165) is 101 Å². The molecule has 0 saturated heterocycles. The maximum Gasteiger partial charge on any atom is 0.164 e. The largest absolute Gasteiger partial charge is 0.456 e. The van der Waals surface area contributed by atoms with Crippen LogP contribution in [-0.4, -0.2) is 15.0 Å². The van der Waals surface area contributed by atoms with E-state index in [1.807, 2.05) is 30.3 Å². The maximum atomic E-state index is 6.56. The first kappa shape index (κ1) is 34.7. The average Bonchev–Trinajstić information content (AvgIpc) is 3.92. The predicted octanol–water partition coefficient (Wildman–Crippen LogP) is 15.3. The minimum Gasteiger partial charge on any atom is -0.456 e. The van der Waals surface area contributed by atoms with Gasteiger partial charge in [0.05, 0.1) is 0 Å². The first-order chi connectivity index (χ1) is 30.7. The summed E-state index contributed by atoms with van der Waals surface area (Å²) < 4.78 is 12.9. The number of hydrogen-bond acceptors (Lipinski definition) is 5. The standard InChI is InChI=1S/C57H35N3O2/c1-2-14-36-32-38(27-26-34(36)12-1)55-58-56(60-57(59-55)47-22-11-25-52-54(47)46-19-7-8-23-49(46)61-52)45-30-29-43(41-17-5-6-18-42(41)45)44-21-10-24-51-53(44)48-33-37(28-31-50(48)62-51)40-20-9-15-35-13-3-4-16-39(35)40/h2-11,13-33H,1,12H2. The Kier molecular flexibility index (Phi) is 7.66. The number of aromatic nitrogens is 3. The van der Waals surface area contributed by atoms with Crippen molar-refractivity contribution in [2.75, 3.05) is 0 Å². The first-order valence-electron chi connectivity index (χ1n) is 21.1. The summed E-state index contributed by atoms with van der Waals surface area (Å²) in [6.07, 6.45) is 6.53. The molecule has 3 heterocycles. The first-order valence-corrected chi connectivity index (χ1v) is 21.1. The summed E-state index contributed by atoms with van der Waals surface area (Å²) in [5, 5.41) is 8.79. The molecule has 62 heavy (non-hydrogen) atoms. The molecule has 1 aliphatic rings. The van der Waals surface area contributed by atoms with Crippen LogP contribution in [0, 0.1) is 0 Å². The highest BCUT2D eigenvalue weighted by Crippen LogP contribution is 2.44. The highest BCUT2D eigenvalue weighted by atomic mass is 16.3. The van der Waals surface area contributed by atoms with Crippen molar-refractivity contribution in [2.24, 2.45) is 0 Å². The van der Waals surface area contributed by atoms with Crippen molar-refractivity contribution in [3.8, 4) is 56.4 Å². The Morgan fingerprint density at radius 2 is 0.968 bits per heavy atom. The van der Waals surface area contributed by atoms with Crippen molar-refractivity contribution in [3.05, 3.63) is 193 Å². The van der Waals surface area contributed by atoms with Crippen molar-refractivity contribution in [1.82, 2.24) is 15.0 Å². The highest BCUT2D eigenvalue weighted by Gasteiger charge is 2.21. The molecule has 5 heteroatoms. The Hall–Kier alpha value is -8.15. The third-order valence-electron chi connectivity index (χ3n) is 12.6. The minimum atomic E-state index is 0.597. The Morgan fingerprint density at radius 3 is 1.82 bits per heavy atom. The second-order valence-electron chi connectivity index (χ2n) is 16.2. The topological polar surface area (TPSA) is 65.0 Å². The molecule has 0 bridgehead atoms. The monoisotopic (exact) mass is 793 g/mol. The van der Waals surface area contributed by atoms with Crippen LogP contribution >= 0.6 is 0 Å². The van der Waals surface area contributed by atoms with E-state index in [1.54, 1.807) is 0 Å². The summed E-state index contributed by atoms with van der Waals surface area (Å²) in [7, 11) is 0. The number of para-hydroxylation sites is 1. The van der Waals surface area contributed by atoms with Crippen LogP contribution in [0.4, 0.5) is 0 Å². The quantitative estimate of drug-likeness (QED) is 0.174. The fourth-order valence-corrected chi connectivity index (χ4v) is 9.70. The molecule has 0 saturated carbocycles. The average molecular weight is 794 g/mol. The lowest BCUT2D eigenvalue weighted by atomic mass is 9.91. The van der Waals surface area contributed by atoms with Gasteiger partial charge < -0.3 is 8.83 Å². The van der Waals surface area contributed by atoms with E-state index in [-0.39, 0.29) is 0 Å². The number of benzene rings is 9. The van der Waals surface area contributed by atoms with Gasteiger partial charge in [-0.2, -0.15) is 0 Å². The molecule has 0 fully saturated rings. The second kappa shape index (κ2) is 13.7. The van der Waals surface area contributed by atoms with Gasteiger partial charge in [-0.3, -0.25) is 0 Å². The van der Waals surface area contributed by atoms with Crippen LogP contribution in [-0.2, 0) is 6.42 Å². The van der Waals surface area contributed by atoms with Crippen molar-refractivity contribution < 1.29 is 8.83 Å². The molecule has 9 aromatic carbocycles. The lowest BCUT2D eigenvalue weighted by molar-refractivity contribution is 0.668. The van der Waals surface area contributed by atoms with E-state index in [9.17, 15) is 0 Å². The Balaban J connectivity index is 1.02. The fraction of sp³-hybridized carbons (Fsp3) is 0.0351. The van der Waals surface area contributed by atoms with Crippen LogP contribution in [0.1, 0.15) is 17.5 Å². The normalized spacial score (nSPS) is 12.6. The third-order valence-corrected chi connectivity index (χ3v) is 12.6. The molecule has 290 valence electrons. The van der Waals surface area contributed by atoms with E-state index in [0.29, 0.717) is 17.5 Å². The van der Waals surface area contributed by atoms with Gasteiger partial charge in [0.1, 0.15) is 22.3 Å². The zero-order chi connectivity index (χ0) is 40.7. The molecule has 5 nitrogen and oxygen atoms in total. The summed E-state index contributed by atoms with van der Waals surface area (Å²) >= 11 is 0. The van der Waals surface area contributed by atoms with Gasteiger partial charge in [-0.15, -0.1) is 0 Å². The molecule has 0 radical (unpaired) electrons. The summed E-state index contributed by atoms with van der Waals surface area (Å²) in [5.41, 5.74) is 13.2. The second-order valence-corrected chi connectivity index (χ2v) is 16.2. The van der Waals surface area contributed by atoms with Gasteiger partial charge in [0.25, 0.3) is 0 Å². The van der Waals surface area contributed by atoms with Crippen LogP contribution in [0.2, 0.25) is 0 Å². The summed E-state index contributed by atoms with van der Waals surface area (Å²) in [6, 6.07) is 61.9. The summed E-state index contributed by atoms with van der Waals surface area (Å²) in [5.74, 6) is 1.83. The van der Waals surface area contributed by atoms with Gasteiger partial charge in [-0.25, -0.2) is 15.0 Å². The van der Waals surface area contributed by atoms with E-state index in [4.69, 9.17) is 23.8 Å². The highest BCUT2D eigenvalue weighted by molar-refractivity contribution is 6.17. The van der Waals surface area contributed by atoms with Crippen LogP contribution in [0.5, 0.6) is 0 Å². The van der Waals surface area contributed by atoms with Gasteiger partial charge in [-0.1, -0.05) is 146 Å².